The largest absolute Gasteiger partial charge is 0.353 e. The van der Waals surface area contributed by atoms with Gasteiger partial charge in [-0.05, 0) is 24.9 Å². The molecule has 104 valence electrons. The van der Waals surface area contributed by atoms with Crippen molar-refractivity contribution in [2.24, 2.45) is 10.2 Å². The summed E-state index contributed by atoms with van der Waals surface area (Å²) >= 11 is 0. The third kappa shape index (κ3) is 2.21. The highest BCUT2D eigenvalue weighted by molar-refractivity contribution is 5.06. The molecule has 0 saturated carbocycles. The van der Waals surface area contributed by atoms with Crippen molar-refractivity contribution in [3.8, 4) is 0 Å². The van der Waals surface area contributed by atoms with Crippen LogP contribution in [0.5, 0.6) is 0 Å². The lowest BCUT2D eigenvalue weighted by atomic mass is 10.1. The minimum absolute atomic E-state index is 0.0309. The van der Waals surface area contributed by atoms with Gasteiger partial charge in [-0.25, -0.2) is 0 Å². The third-order valence-electron chi connectivity index (χ3n) is 2.94. The molecule has 2 aliphatic rings. The highest BCUT2D eigenvalue weighted by atomic mass is 16.8. The van der Waals surface area contributed by atoms with E-state index in [0.29, 0.717) is 0 Å². The van der Waals surface area contributed by atoms with Gasteiger partial charge in [-0.3, -0.25) is 0 Å². The molecule has 2 aliphatic heterocycles. The van der Waals surface area contributed by atoms with Gasteiger partial charge < -0.3 is 18.9 Å². The summed E-state index contributed by atoms with van der Waals surface area (Å²) in [6, 6.07) is 0. The first-order valence-corrected chi connectivity index (χ1v) is 5.62. The zero-order valence-electron chi connectivity index (χ0n) is 10.8. The van der Waals surface area contributed by atoms with E-state index in [1.807, 2.05) is 0 Å². The Hall–Kier alpha value is -1.54. The van der Waals surface area contributed by atoms with E-state index < -0.39 is 30.0 Å². The standard InChI is InChI=1S/C9H14N6O4/c1-8(2)18-6-5(4-12-14-10)17-7(16-3)9(6,19-8)13-15-11/h5-7H,4H2,1-3H3/t5-,6-,7?,9-/m1/s1. The van der Waals surface area contributed by atoms with Crippen molar-refractivity contribution in [3.05, 3.63) is 20.9 Å². The monoisotopic (exact) mass is 270 g/mol. The van der Waals surface area contributed by atoms with Crippen molar-refractivity contribution in [2.75, 3.05) is 13.7 Å². The Morgan fingerprint density at radius 1 is 1.32 bits per heavy atom. The molecule has 0 spiro atoms. The SMILES string of the molecule is COC1O[C@H](CN=[N+]=[N-])[C@H]2OC(C)(C)O[C@@]12N=[N+]=[N-]. The molecular formula is C9H14N6O4. The second kappa shape index (κ2) is 4.86. The first kappa shape index (κ1) is 13.9. The van der Waals surface area contributed by atoms with E-state index in [4.69, 9.17) is 30.0 Å². The number of rotatable bonds is 4. The summed E-state index contributed by atoms with van der Waals surface area (Å²) in [5, 5.41) is 7.12. The molecule has 0 aromatic rings. The molecule has 2 saturated heterocycles. The van der Waals surface area contributed by atoms with Crippen LogP contribution in [0.2, 0.25) is 0 Å². The molecule has 0 aromatic carbocycles. The molecule has 10 nitrogen and oxygen atoms in total. The summed E-state index contributed by atoms with van der Waals surface area (Å²) in [6.45, 7) is 3.41. The zero-order chi connectivity index (χ0) is 14.1. The maximum absolute atomic E-state index is 8.74. The minimum atomic E-state index is -1.41. The minimum Gasteiger partial charge on any atom is -0.353 e. The molecule has 0 aliphatic carbocycles. The fourth-order valence-electron chi connectivity index (χ4n) is 2.39. The number of fused-ring (bicyclic) bond motifs is 1. The van der Waals surface area contributed by atoms with Gasteiger partial charge in [0.2, 0.25) is 5.72 Å². The van der Waals surface area contributed by atoms with Crippen LogP contribution in [-0.4, -0.2) is 43.7 Å². The lowest BCUT2D eigenvalue weighted by Crippen LogP contribution is -2.45. The number of methoxy groups -OCH3 is 1. The molecule has 0 N–H and O–H groups in total. The van der Waals surface area contributed by atoms with Gasteiger partial charge in [0.1, 0.15) is 6.10 Å². The normalized spacial score (nSPS) is 39.2. The second-order valence-corrected chi connectivity index (χ2v) is 4.64. The average Bonchev–Trinajstić information content (AvgIpc) is 2.75. The van der Waals surface area contributed by atoms with Gasteiger partial charge in [0.15, 0.2) is 12.1 Å². The van der Waals surface area contributed by atoms with E-state index in [2.05, 4.69) is 20.1 Å². The van der Waals surface area contributed by atoms with E-state index in [1.54, 1.807) is 13.8 Å². The van der Waals surface area contributed by atoms with E-state index in [1.165, 1.54) is 7.11 Å². The molecule has 2 fully saturated rings. The summed E-state index contributed by atoms with van der Waals surface area (Å²) in [5.41, 5.74) is 15.7. The Labute approximate surface area is 108 Å². The zero-order valence-corrected chi connectivity index (χ0v) is 10.8. The van der Waals surface area contributed by atoms with Gasteiger partial charge in [0.25, 0.3) is 0 Å². The molecular weight excluding hydrogens is 256 g/mol. The van der Waals surface area contributed by atoms with Gasteiger partial charge in [-0.2, -0.15) is 0 Å². The fraction of sp³-hybridized carbons (Fsp3) is 1.00. The topological polar surface area (TPSA) is 134 Å². The Bertz CT molecular complexity index is 458. The van der Waals surface area contributed by atoms with Crippen LogP contribution in [0.15, 0.2) is 10.2 Å². The molecule has 10 heteroatoms. The first-order valence-electron chi connectivity index (χ1n) is 5.62. The van der Waals surface area contributed by atoms with E-state index in [-0.39, 0.29) is 6.54 Å². The second-order valence-electron chi connectivity index (χ2n) is 4.64. The van der Waals surface area contributed by atoms with Crippen LogP contribution >= 0.6 is 0 Å². The lowest BCUT2D eigenvalue weighted by Gasteiger charge is -2.27. The molecule has 0 amide bonds. The Balaban J connectivity index is 2.38. The Morgan fingerprint density at radius 2 is 2.05 bits per heavy atom. The molecule has 0 radical (unpaired) electrons. The Kier molecular flexibility index (Phi) is 3.55. The smallest absolute Gasteiger partial charge is 0.229 e. The molecule has 0 bridgehead atoms. The fourth-order valence-corrected chi connectivity index (χ4v) is 2.39. The maximum Gasteiger partial charge on any atom is 0.229 e. The third-order valence-corrected chi connectivity index (χ3v) is 2.94. The van der Waals surface area contributed by atoms with Crippen molar-refractivity contribution in [1.29, 1.82) is 0 Å². The van der Waals surface area contributed by atoms with Gasteiger partial charge in [-0.1, -0.05) is 10.2 Å². The molecule has 19 heavy (non-hydrogen) atoms. The summed E-state index contributed by atoms with van der Waals surface area (Å²) in [6.07, 6.45) is -2.23. The summed E-state index contributed by atoms with van der Waals surface area (Å²) in [7, 11) is 1.40. The van der Waals surface area contributed by atoms with Crippen LogP contribution < -0.4 is 0 Å². The molecule has 2 rings (SSSR count). The molecule has 2 heterocycles. The molecule has 1 unspecified atom stereocenters. The van der Waals surface area contributed by atoms with Crippen LogP contribution in [0.1, 0.15) is 13.8 Å². The van der Waals surface area contributed by atoms with E-state index in [0.717, 1.165) is 0 Å². The van der Waals surface area contributed by atoms with Crippen LogP contribution in [0, 0.1) is 0 Å². The summed E-state index contributed by atoms with van der Waals surface area (Å²) < 4.78 is 22.1. The van der Waals surface area contributed by atoms with E-state index >= 15 is 0 Å². The van der Waals surface area contributed by atoms with Crippen molar-refractivity contribution in [3.63, 3.8) is 0 Å². The Morgan fingerprint density at radius 3 is 2.63 bits per heavy atom. The van der Waals surface area contributed by atoms with Gasteiger partial charge in [-0.15, -0.1) is 0 Å². The summed E-state index contributed by atoms with van der Waals surface area (Å²) in [5.74, 6) is -0.950. The van der Waals surface area contributed by atoms with Crippen molar-refractivity contribution in [1.82, 2.24) is 0 Å². The number of nitrogens with zero attached hydrogens (tertiary/aromatic N) is 6. The van der Waals surface area contributed by atoms with Crippen LogP contribution in [0.25, 0.3) is 20.9 Å². The maximum atomic E-state index is 8.74. The highest BCUT2D eigenvalue weighted by Gasteiger charge is 2.66. The van der Waals surface area contributed by atoms with Crippen molar-refractivity contribution >= 4 is 0 Å². The number of azide groups is 2. The lowest BCUT2D eigenvalue weighted by molar-refractivity contribution is -0.251. The average molecular weight is 270 g/mol. The van der Waals surface area contributed by atoms with Crippen LogP contribution in [0.4, 0.5) is 0 Å². The number of hydrogen-bond donors (Lipinski definition) is 0. The van der Waals surface area contributed by atoms with Gasteiger partial charge >= 0.3 is 0 Å². The van der Waals surface area contributed by atoms with Crippen LogP contribution in [-0.2, 0) is 18.9 Å². The van der Waals surface area contributed by atoms with E-state index in [9.17, 15) is 0 Å². The predicted molar refractivity (Wildman–Crippen MR) is 61.6 cm³/mol. The van der Waals surface area contributed by atoms with Crippen molar-refractivity contribution < 1.29 is 18.9 Å². The molecule has 4 atom stereocenters. The first-order chi connectivity index (χ1) is 8.99. The van der Waals surface area contributed by atoms with Crippen LogP contribution in [0.3, 0.4) is 0 Å². The molecule has 0 aromatic heterocycles. The van der Waals surface area contributed by atoms with Gasteiger partial charge in [0, 0.05) is 16.9 Å². The van der Waals surface area contributed by atoms with Crippen molar-refractivity contribution in [2.45, 2.75) is 43.9 Å². The number of ether oxygens (including phenoxy) is 4. The highest BCUT2D eigenvalue weighted by Crippen LogP contribution is 2.48. The quantitative estimate of drug-likeness (QED) is 0.437. The predicted octanol–water partition coefficient (Wildman–Crippen LogP) is 1.83. The number of hydrogen-bond acceptors (Lipinski definition) is 6. The van der Waals surface area contributed by atoms with Gasteiger partial charge in [0.05, 0.1) is 12.6 Å². The summed E-state index contributed by atoms with van der Waals surface area (Å²) in [4.78, 5) is 5.46.